The maximum absolute atomic E-state index is 12.8. The molecule has 4 aromatic rings. The molecular formula is C19H13ClN6O4S. The second-order valence-electron chi connectivity index (χ2n) is 6.39. The molecule has 1 aromatic carbocycles. The summed E-state index contributed by atoms with van der Waals surface area (Å²) in [7, 11) is 0. The van der Waals surface area contributed by atoms with E-state index in [9.17, 15) is 19.7 Å². The van der Waals surface area contributed by atoms with E-state index in [4.69, 9.17) is 11.6 Å². The maximum Gasteiger partial charge on any atom is 0.288 e. The minimum atomic E-state index is -0.667. The molecule has 10 nitrogen and oxygen atoms in total. The van der Waals surface area contributed by atoms with Gasteiger partial charge >= 0.3 is 0 Å². The fourth-order valence-electron chi connectivity index (χ4n) is 2.82. The fourth-order valence-corrected chi connectivity index (χ4v) is 3.69. The van der Waals surface area contributed by atoms with Gasteiger partial charge in [0.2, 0.25) is 5.95 Å². The van der Waals surface area contributed by atoms with Gasteiger partial charge < -0.3 is 5.32 Å². The summed E-state index contributed by atoms with van der Waals surface area (Å²) < 4.78 is 1.30. The summed E-state index contributed by atoms with van der Waals surface area (Å²) in [4.78, 5) is 42.9. The zero-order chi connectivity index (χ0) is 22.1. The summed E-state index contributed by atoms with van der Waals surface area (Å²) in [5.74, 6) is -0.279. The number of halogens is 1. The maximum atomic E-state index is 12.8. The first-order chi connectivity index (χ1) is 14.8. The Morgan fingerprint density at radius 1 is 1.29 bits per heavy atom. The Labute approximate surface area is 183 Å². The van der Waals surface area contributed by atoms with Crippen LogP contribution in [0.4, 0.5) is 11.5 Å². The van der Waals surface area contributed by atoms with Gasteiger partial charge in [0.1, 0.15) is 16.5 Å². The molecule has 0 saturated carbocycles. The Kier molecular flexibility index (Phi) is 5.36. The molecule has 3 heterocycles. The number of nitrogens with one attached hydrogen (secondary N) is 2. The van der Waals surface area contributed by atoms with Crippen LogP contribution in [0.3, 0.4) is 0 Å². The van der Waals surface area contributed by atoms with Gasteiger partial charge in [-0.15, -0.1) is 11.3 Å². The van der Waals surface area contributed by atoms with Crippen molar-refractivity contribution < 1.29 is 9.72 Å². The third-order valence-electron chi connectivity index (χ3n) is 4.19. The van der Waals surface area contributed by atoms with Gasteiger partial charge in [0, 0.05) is 29.5 Å². The summed E-state index contributed by atoms with van der Waals surface area (Å²) >= 11 is 7.27. The summed E-state index contributed by atoms with van der Waals surface area (Å²) in [5.41, 5.74) is 0.300. The average molecular weight is 457 g/mol. The standard InChI is InChI=1S/C19H13ClN6O4S/c1-10-7-17(27)23-19(21-10)25-16(9-13(24-25)15-3-2-6-31-15)22-18(28)11-4-5-12(20)14(8-11)26(29)30/h2-9H,1H3,(H,22,28)(H,21,23,27). The molecule has 0 aliphatic carbocycles. The van der Waals surface area contributed by atoms with Crippen molar-refractivity contribution in [1.82, 2.24) is 19.7 Å². The molecule has 0 atom stereocenters. The molecule has 2 N–H and O–H groups in total. The van der Waals surface area contributed by atoms with Crippen LogP contribution in [0.15, 0.2) is 52.6 Å². The van der Waals surface area contributed by atoms with Crippen molar-refractivity contribution in [2.45, 2.75) is 6.92 Å². The van der Waals surface area contributed by atoms with Gasteiger partial charge in [-0.2, -0.15) is 9.78 Å². The molecule has 4 rings (SSSR count). The van der Waals surface area contributed by atoms with Gasteiger partial charge in [-0.1, -0.05) is 17.7 Å². The Bertz CT molecular complexity index is 1360. The van der Waals surface area contributed by atoms with Gasteiger partial charge in [-0.3, -0.25) is 24.7 Å². The number of aryl methyl sites for hydroxylation is 1. The molecule has 0 aliphatic rings. The molecule has 0 saturated heterocycles. The zero-order valence-electron chi connectivity index (χ0n) is 15.8. The Morgan fingerprint density at radius 2 is 2.10 bits per heavy atom. The van der Waals surface area contributed by atoms with E-state index in [0.717, 1.165) is 10.9 Å². The molecule has 156 valence electrons. The van der Waals surface area contributed by atoms with Gasteiger partial charge in [0.15, 0.2) is 0 Å². The SMILES string of the molecule is Cc1cc(=O)[nH]c(-n2nc(-c3cccs3)cc2NC(=O)c2ccc(Cl)c([N+](=O)[O-])c2)n1. The number of aromatic nitrogens is 4. The summed E-state index contributed by atoms with van der Waals surface area (Å²) in [6, 6.07) is 10.4. The number of benzene rings is 1. The highest BCUT2D eigenvalue weighted by Crippen LogP contribution is 2.29. The van der Waals surface area contributed by atoms with Crippen molar-refractivity contribution in [3.8, 4) is 16.5 Å². The monoisotopic (exact) mass is 456 g/mol. The van der Waals surface area contributed by atoms with Crippen molar-refractivity contribution in [3.05, 3.63) is 84.6 Å². The van der Waals surface area contributed by atoms with Crippen LogP contribution in [0.5, 0.6) is 0 Å². The molecule has 0 unspecified atom stereocenters. The number of carbonyl (C=O) groups is 1. The first-order valence-electron chi connectivity index (χ1n) is 8.79. The lowest BCUT2D eigenvalue weighted by Gasteiger charge is -2.08. The van der Waals surface area contributed by atoms with Gasteiger partial charge in [0.25, 0.3) is 17.2 Å². The highest BCUT2D eigenvalue weighted by Gasteiger charge is 2.20. The van der Waals surface area contributed by atoms with Crippen molar-refractivity contribution >= 4 is 40.4 Å². The number of thiophene rings is 1. The Balaban J connectivity index is 1.77. The van der Waals surface area contributed by atoms with E-state index in [2.05, 4.69) is 20.4 Å². The highest BCUT2D eigenvalue weighted by molar-refractivity contribution is 7.13. The number of rotatable bonds is 5. The number of nitro benzene ring substituents is 1. The molecule has 12 heteroatoms. The van der Waals surface area contributed by atoms with E-state index in [-0.39, 0.29) is 33.6 Å². The predicted octanol–water partition coefficient (Wildman–Crippen LogP) is 3.81. The zero-order valence-corrected chi connectivity index (χ0v) is 17.4. The molecule has 0 bridgehead atoms. The van der Waals surface area contributed by atoms with Crippen molar-refractivity contribution in [3.63, 3.8) is 0 Å². The van der Waals surface area contributed by atoms with Gasteiger partial charge in [-0.25, -0.2) is 4.98 Å². The lowest BCUT2D eigenvalue weighted by molar-refractivity contribution is -0.384. The lowest BCUT2D eigenvalue weighted by Crippen LogP contribution is -2.19. The molecule has 1 amide bonds. The van der Waals surface area contributed by atoms with Crippen molar-refractivity contribution in [2.24, 2.45) is 0 Å². The second kappa shape index (κ2) is 8.13. The minimum Gasteiger partial charge on any atom is -0.306 e. The molecule has 0 fully saturated rings. The quantitative estimate of drug-likeness (QED) is 0.346. The van der Waals surface area contributed by atoms with E-state index in [0.29, 0.717) is 11.4 Å². The molecule has 0 aliphatic heterocycles. The summed E-state index contributed by atoms with van der Waals surface area (Å²) in [6.45, 7) is 1.66. The number of H-pyrrole nitrogens is 1. The number of anilines is 1. The lowest BCUT2D eigenvalue weighted by atomic mass is 10.2. The summed E-state index contributed by atoms with van der Waals surface area (Å²) in [6.07, 6.45) is 0. The van der Waals surface area contributed by atoms with Crippen LogP contribution in [-0.2, 0) is 0 Å². The Hall–Kier alpha value is -3.83. The highest BCUT2D eigenvalue weighted by atomic mass is 35.5. The number of amides is 1. The smallest absolute Gasteiger partial charge is 0.288 e. The van der Waals surface area contributed by atoms with Crippen LogP contribution < -0.4 is 10.9 Å². The first kappa shape index (κ1) is 20.4. The number of hydrogen-bond acceptors (Lipinski definition) is 7. The third kappa shape index (κ3) is 4.22. The number of hydrogen-bond donors (Lipinski definition) is 2. The first-order valence-corrected chi connectivity index (χ1v) is 10.0. The summed E-state index contributed by atoms with van der Waals surface area (Å²) in [5, 5.41) is 20.1. The Morgan fingerprint density at radius 3 is 2.77 bits per heavy atom. The molecule has 31 heavy (non-hydrogen) atoms. The normalized spacial score (nSPS) is 10.8. The van der Waals surface area contributed by atoms with E-state index in [1.165, 1.54) is 34.2 Å². The second-order valence-corrected chi connectivity index (χ2v) is 7.75. The predicted molar refractivity (Wildman–Crippen MR) is 116 cm³/mol. The van der Waals surface area contributed by atoms with Crippen molar-refractivity contribution in [1.29, 1.82) is 0 Å². The topological polar surface area (TPSA) is 136 Å². The van der Waals surface area contributed by atoms with Crippen LogP contribution in [0.2, 0.25) is 5.02 Å². The number of nitro groups is 1. The molecular weight excluding hydrogens is 444 g/mol. The third-order valence-corrected chi connectivity index (χ3v) is 5.40. The van der Waals surface area contributed by atoms with Crippen LogP contribution in [0, 0.1) is 17.0 Å². The molecule has 0 spiro atoms. The van der Waals surface area contributed by atoms with E-state index in [1.54, 1.807) is 13.0 Å². The minimum absolute atomic E-state index is 0.0345. The van der Waals surface area contributed by atoms with Crippen LogP contribution in [-0.4, -0.2) is 30.6 Å². The number of aromatic amines is 1. The molecule has 3 aromatic heterocycles. The number of carbonyl (C=O) groups excluding carboxylic acids is 1. The number of nitrogens with zero attached hydrogens (tertiary/aromatic N) is 4. The average Bonchev–Trinajstić information content (AvgIpc) is 3.37. The van der Waals surface area contributed by atoms with Gasteiger partial charge in [-0.05, 0) is 30.5 Å². The van der Waals surface area contributed by atoms with Gasteiger partial charge in [0.05, 0.1) is 9.80 Å². The van der Waals surface area contributed by atoms with E-state index < -0.39 is 10.8 Å². The molecule has 0 radical (unpaired) electrons. The van der Waals surface area contributed by atoms with Crippen LogP contribution in [0.1, 0.15) is 16.1 Å². The van der Waals surface area contributed by atoms with Crippen molar-refractivity contribution in [2.75, 3.05) is 5.32 Å². The van der Waals surface area contributed by atoms with E-state index >= 15 is 0 Å². The largest absolute Gasteiger partial charge is 0.306 e. The van der Waals surface area contributed by atoms with E-state index in [1.807, 2.05) is 17.5 Å². The van der Waals surface area contributed by atoms with Crippen LogP contribution in [0.25, 0.3) is 16.5 Å². The fraction of sp³-hybridized carbons (Fsp3) is 0.0526. The van der Waals surface area contributed by atoms with Crippen LogP contribution >= 0.6 is 22.9 Å².